The molecule has 0 unspecified atom stereocenters. The monoisotopic (exact) mass is 447 g/mol. The molecule has 1 saturated heterocycles. The van der Waals surface area contributed by atoms with E-state index in [1.807, 2.05) is 11.8 Å². The average molecular weight is 448 g/mol. The van der Waals surface area contributed by atoms with E-state index in [0.717, 1.165) is 12.1 Å². The van der Waals surface area contributed by atoms with Gasteiger partial charge in [-0.05, 0) is 25.1 Å². The molecule has 3 rings (SSSR count). The van der Waals surface area contributed by atoms with Gasteiger partial charge < -0.3 is 20.3 Å². The second kappa shape index (κ2) is 9.63. The molecule has 29 heavy (non-hydrogen) atoms. The van der Waals surface area contributed by atoms with Crippen molar-refractivity contribution < 1.29 is 22.7 Å². The number of nitrogens with zero attached hydrogens (tertiary/aromatic N) is 3. The summed E-state index contributed by atoms with van der Waals surface area (Å²) < 4.78 is 45.3. The highest BCUT2D eigenvalue weighted by Crippen LogP contribution is 2.36. The summed E-state index contributed by atoms with van der Waals surface area (Å²) in [5.41, 5.74) is -0.125. The summed E-state index contributed by atoms with van der Waals surface area (Å²) in [4.78, 5) is 14.3. The number of hydrogen-bond acceptors (Lipinski definition) is 8. The zero-order chi connectivity index (χ0) is 20.9. The van der Waals surface area contributed by atoms with E-state index < -0.39 is 17.6 Å². The topological polar surface area (TPSA) is 79.4 Å². The van der Waals surface area contributed by atoms with Crippen molar-refractivity contribution >= 4 is 45.5 Å². The van der Waals surface area contributed by atoms with Crippen LogP contribution in [0.3, 0.4) is 0 Å². The number of carbonyl (C=O) groups excluding carboxylic acids is 1. The van der Waals surface area contributed by atoms with Gasteiger partial charge in [0.2, 0.25) is 11.0 Å². The lowest BCUT2D eigenvalue weighted by atomic mass is 10.1. The third-order valence-electron chi connectivity index (χ3n) is 4.01. The minimum Gasteiger partial charge on any atom is -0.378 e. The maximum absolute atomic E-state index is 13.1. The largest absolute Gasteiger partial charge is 0.416 e. The van der Waals surface area contributed by atoms with Crippen molar-refractivity contribution in [3.8, 4) is 0 Å². The molecule has 0 bridgehead atoms. The van der Waals surface area contributed by atoms with Crippen LogP contribution in [0, 0.1) is 0 Å². The second-order valence-electron chi connectivity index (χ2n) is 6.07. The Balaban J connectivity index is 1.71. The van der Waals surface area contributed by atoms with E-state index >= 15 is 0 Å². The number of carbonyl (C=O) groups is 1. The van der Waals surface area contributed by atoms with E-state index in [-0.39, 0.29) is 11.4 Å². The number of alkyl halides is 3. The zero-order valence-electron chi connectivity index (χ0n) is 15.6. The Morgan fingerprint density at radius 1 is 1.31 bits per heavy atom. The van der Waals surface area contributed by atoms with E-state index in [1.165, 1.54) is 29.2 Å². The molecule has 1 aliphatic heterocycles. The van der Waals surface area contributed by atoms with E-state index in [9.17, 15) is 18.0 Å². The Bertz CT molecular complexity index is 841. The third kappa shape index (κ3) is 5.97. The van der Waals surface area contributed by atoms with Gasteiger partial charge in [0.1, 0.15) is 0 Å². The number of halogens is 3. The third-order valence-corrected chi connectivity index (χ3v) is 6.03. The number of nitrogens with one attached hydrogen (secondary N) is 2. The van der Waals surface area contributed by atoms with Crippen LogP contribution in [0.15, 0.2) is 22.5 Å². The quantitative estimate of drug-likeness (QED) is 0.629. The Hall–Kier alpha value is -2.05. The van der Waals surface area contributed by atoms with Crippen LogP contribution in [0.2, 0.25) is 0 Å². The van der Waals surface area contributed by atoms with Crippen molar-refractivity contribution in [2.24, 2.45) is 0 Å². The molecule has 0 saturated carbocycles. The molecular weight excluding hydrogens is 427 g/mol. The van der Waals surface area contributed by atoms with Crippen molar-refractivity contribution in [3.63, 3.8) is 0 Å². The SMILES string of the molecule is CCNc1nnc(SCC(=O)Nc2cc(C(F)(F)F)ccc2N2CCOCC2)s1. The highest BCUT2D eigenvalue weighted by Gasteiger charge is 2.32. The minimum atomic E-state index is -4.49. The van der Waals surface area contributed by atoms with Gasteiger partial charge in [0, 0.05) is 19.6 Å². The van der Waals surface area contributed by atoms with Gasteiger partial charge in [0.25, 0.3) is 0 Å². The summed E-state index contributed by atoms with van der Waals surface area (Å²) in [6.07, 6.45) is -4.49. The number of aromatic nitrogens is 2. The smallest absolute Gasteiger partial charge is 0.378 e. The maximum atomic E-state index is 13.1. The molecular formula is C17H20F3N5O2S2. The number of ether oxygens (including phenoxy) is 1. The van der Waals surface area contributed by atoms with Crippen LogP contribution in [-0.4, -0.2) is 54.7 Å². The summed E-state index contributed by atoms with van der Waals surface area (Å²) >= 11 is 2.50. The first-order chi connectivity index (χ1) is 13.9. The van der Waals surface area contributed by atoms with Crippen molar-refractivity contribution in [2.45, 2.75) is 17.4 Å². The molecule has 0 aliphatic carbocycles. The van der Waals surface area contributed by atoms with Crippen LogP contribution in [-0.2, 0) is 15.7 Å². The maximum Gasteiger partial charge on any atom is 0.416 e. The molecule has 0 spiro atoms. The molecule has 7 nitrogen and oxygen atoms in total. The van der Waals surface area contributed by atoms with Gasteiger partial charge in [-0.15, -0.1) is 10.2 Å². The van der Waals surface area contributed by atoms with Crippen molar-refractivity contribution in [2.75, 3.05) is 54.1 Å². The fraction of sp³-hybridized carbons (Fsp3) is 0.471. The van der Waals surface area contributed by atoms with Crippen LogP contribution in [0.1, 0.15) is 12.5 Å². The summed E-state index contributed by atoms with van der Waals surface area (Å²) in [6.45, 7) is 4.69. The number of thioether (sulfide) groups is 1. The number of hydrogen-bond donors (Lipinski definition) is 2. The second-order valence-corrected chi connectivity index (χ2v) is 8.27. The number of benzene rings is 1. The highest BCUT2D eigenvalue weighted by molar-refractivity contribution is 8.01. The lowest BCUT2D eigenvalue weighted by molar-refractivity contribution is -0.137. The first-order valence-corrected chi connectivity index (χ1v) is 10.7. The summed E-state index contributed by atoms with van der Waals surface area (Å²) in [7, 11) is 0. The standard InChI is InChI=1S/C17H20F3N5O2S2/c1-2-21-15-23-24-16(29-15)28-10-14(26)22-12-9-11(17(18,19)20)3-4-13(12)25-5-7-27-8-6-25/h3-4,9H,2,5-8,10H2,1H3,(H,21,23)(H,22,26). The Morgan fingerprint density at radius 2 is 2.07 bits per heavy atom. The fourth-order valence-corrected chi connectivity index (χ4v) is 4.32. The summed E-state index contributed by atoms with van der Waals surface area (Å²) in [5.74, 6) is -0.399. The van der Waals surface area contributed by atoms with Gasteiger partial charge in [-0.1, -0.05) is 23.1 Å². The normalized spacial score (nSPS) is 14.7. The molecule has 1 aliphatic rings. The predicted octanol–water partition coefficient (Wildman–Crippen LogP) is 3.56. The lowest BCUT2D eigenvalue weighted by Crippen LogP contribution is -2.37. The van der Waals surface area contributed by atoms with Crippen LogP contribution in [0.4, 0.5) is 29.7 Å². The molecule has 0 radical (unpaired) electrons. The average Bonchev–Trinajstić information content (AvgIpc) is 3.14. The van der Waals surface area contributed by atoms with Gasteiger partial charge >= 0.3 is 6.18 Å². The molecule has 1 aromatic carbocycles. The predicted molar refractivity (Wildman–Crippen MR) is 108 cm³/mol. The van der Waals surface area contributed by atoms with Crippen LogP contribution < -0.4 is 15.5 Å². The Labute approximate surface area is 174 Å². The Kier molecular flexibility index (Phi) is 7.19. The summed E-state index contributed by atoms with van der Waals surface area (Å²) in [6, 6.07) is 3.39. The first kappa shape index (κ1) is 21.7. The molecule has 1 amide bonds. The summed E-state index contributed by atoms with van der Waals surface area (Å²) in [5, 5.41) is 14.2. The van der Waals surface area contributed by atoms with Crippen LogP contribution in [0.5, 0.6) is 0 Å². The first-order valence-electron chi connectivity index (χ1n) is 8.90. The molecule has 12 heteroatoms. The molecule has 0 atom stereocenters. The molecule has 158 valence electrons. The lowest BCUT2D eigenvalue weighted by Gasteiger charge is -2.31. The van der Waals surface area contributed by atoms with Gasteiger partial charge in [-0.2, -0.15) is 13.2 Å². The number of amides is 1. The van der Waals surface area contributed by atoms with Gasteiger partial charge in [0.05, 0.1) is 35.9 Å². The van der Waals surface area contributed by atoms with E-state index in [1.54, 1.807) is 0 Å². The fourth-order valence-electron chi connectivity index (χ4n) is 2.70. The van der Waals surface area contributed by atoms with Gasteiger partial charge in [-0.3, -0.25) is 4.79 Å². The van der Waals surface area contributed by atoms with E-state index in [0.29, 0.717) is 48.0 Å². The van der Waals surface area contributed by atoms with Crippen molar-refractivity contribution in [3.05, 3.63) is 23.8 Å². The Morgan fingerprint density at radius 3 is 2.76 bits per heavy atom. The van der Waals surface area contributed by atoms with Crippen LogP contribution in [0.25, 0.3) is 0 Å². The molecule has 2 N–H and O–H groups in total. The highest BCUT2D eigenvalue weighted by atomic mass is 32.2. The van der Waals surface area contributed by atoms with Gasteiger partial charge in [-0.25, -0.2) is 0 Å². The molecule has 2 aromatic rings. The van der Waals surface area contributed by atoms with Crippen LogP contribution >= 0.6 is 23.1 Å². The zero-order valence-corrected chi connectivity index (χ0v) is 17.2. The van der Waals surface area contributed by atoms with E-state index in [4.69, 9.17) is 4.74 Å². The van der Waals surface area contributed by atoms with Gasteiger partial charge in [0.15, 0.2) is 4.34 Å². The van der Waals surface area contributed by atoms with Crippen molar-refractivity contribution in [1.82, 2.24) is 10.2 Å². The minimum absolute atomic E-state index is 0.0134. The number of anilines is 3. The molecule has 1 aromatic heterocycles. The van der Waals surface area contributed by atoms with Crippen molar-refractivity contribution in [1.29, 1.82) is 0 Å². The molecule has 1 fully saturated rings. The molecule has 2 heterocycles. The number of morpholine rings is 1. The van der Waals surface area contributed by atoms with E-state index in [2.05, 4.69) is 20.8 Å². The number of rotatable bonds is 7.